The number of amides is 1. The zero-order chi connectivity index (χ0) is 15.4. The molecule has 0 aliphatic heterocycles. The zero-order valence-corrected chi connectivity index (χ0v) is 12.9. The Morgan fingerprint density at radius 1 is 1.00 bits per heavy atom. The molecule has 0 fully saturated rings. The van der Waals surface area contributed by atoms with E-state index in [0.29, 0.717) is 5.56 Å². The van der Waals surface area contributed by atoms with Gasteiger partial charge in [0.15, 0.2) is 0 Å². The Bertz CT molecular complexity index is 633. The summed E-state index contributed by atoms with van der Waals surface area (Å²) in [6.45, 7) is 2.05. The quantitative estimate of drug-likeness (QED) is 0.904. The molecule has 1 amide bonds. The largest absolute Gasteiger partial charge is 0.388 e. The molecule has 21 heavy (non-hydrogen) atoms. The van der Waals surface area contributed by atoms with Crippen molar-refractivity contribution < 1.29 is 4.79 Å². The van der Waals surface area contributed by atoms with Crippen molar-refractivity contribution in [1.82, 2.24) is 0 Å². The van der Waals surface area contributed by atoms with Gasteiger partial charge in [0, 0.05) is 43.8 Å². The number of hydrogen-bond donors (Lipinski definition) is 2. The van der Waals surface area contributed by atoms with Gasteiger partial charge in [-0.3, -0.25) is 4.79 Å². The van der Waals surface area contributed by atoms with Gasteiger partial charge in [0.05, 0.1) is 0 Å². The number of carbonyl (C=O) groups excluding carboxylic acids is 1. The van der Waals surface area contributed by atoms with Gasteiger partial charge in [-0.25, -0.2) is 0 Å². The first kappa shape index (κ1) is 14.9. The Hall–Kier alpha value is -2.49. The number of nitrogens with one attached hydrogen (secondary N) is 2. The smallest absolute Gasteiger partial charge is 0.255 e. The molecule has 2 rings (SSSR count). The highest BCUT2D eigenvalue weighted by molar-refractivity contribution is 6.04. The molecule has 0 atom stereocenters. The topological polar surface area (TPSA) is 44.4 Å². The fourth-order valence-corrected chi connectivity index (χ4v) is 2.16. The Morgan fingerprint density at radius 3 is 2.19 bits per heavy atom. The molecule has 0 bridgehead atoms. The van der Waals surface area contributed by atoms with Crippen LogP contribution in [0.4, 0.5) is 17.1 Å². The van der Waals surface area contributed by atoms with Crippen molar-refractivity contribution in [2.24, 2.45) is 0 Å². The minimum atomic E-state index is -0.105. The number of benzene rings is 2. The predicted octanol–water partition coefficient (Wildman–Crippen LogP) is 3.36. The van der Waals surface area contributed by atoms with Gasteiger partial charge in [0.1, 0.15) is 0 Å². The highest BCUT2D eigenvalue weighted by Gasteiger charge is 2.08. The lowest BCUT2D eigenvalue weighted by Crippen LogP contribution is -2.14. The Labute approximate surface area is 125 Å². The third kappa shape index (κ3) is 3.54. The molecule has 0 heterocycles. The molecule has 2 aromatic carbocycles. The molecule has 2 aromatic rings. The van der Waals surface area contributed by atoms with Crippen LogP contribution in [0.5, 0.6) is 0 Å². The highest BCUT2D eigenvalue weighted by atomic mass is 16.1. The van der Waals surface area contributed by atoms with E-state index in [9.17, 15) is 4.79 Å². The van der Waals surface area contributed by atoms with Crippen LogP contribution in [-0.2, 0) is 0 Å². The molecule has 4 heteroatoms. The molecule has 110 valence electrons. The van der Waals surface area contributed by atoms with Crippen molar-refractivity contribution in [3.63, 3.8) is 0 Å². The van der Waals surface area contributed by atoms with E-state index in [1.807, 2.05) is 68.5 Å². The summed E-state index contributed by atoms with van der Waals surface area (Å²) in [6, 6.07) is 13.3. The lowest BCUT2D eigenvalue weighted by Gasteiger charge is -2.17. The first-order valence-corrected chi connectivity index (χ1v) is 6.88. The summed E-state index contributed by atoms with van der Waals surface area (Å²) < 4.78 is 0. The molecule has 0 radical (unpaired) electrons. The normalized spacial score (nSPS) is 10.1. The highest BCUT2D eigenvalue weighted by Crippen LogP contribution is 2.23. The van der Waals surface area contributed by atoms with Crippen LogP contribution in [0.1, 0.15) is 15.9 Å². The summed E-state index contributed by atoms with van der Waals surface area (Å²) in [7, 11) is 5.83. The first-order valence-electron chi connectivity index (χ1n) is 6.88. The SMILES string of the molecule is CNc1ccc(C(=O)Nc2ccc(C)c(N(C)C)c2)cc1. The number of rotatable bonds is 4. The van der Waals surface area contributed by atoms with Crippen molar-refractivity contribution in [2.75, 3.05) is 36.7 Å². The number of carbonyl (C=O) groups is 1. The molecule has 0 unspecified atom stereocenters. The summed E-state index contributed by atoms with van der Waals surface area (Å²) >= 11 is 0. The maximum atomic E-state index is 12.2. The molecule has 0 spiro atoms. The average Bonchev–Trinajstić information content (AvgIpc) is 2.49. The summed E-state index contributed by atoms with van der Waals surface area (Å²) in [6.07, 6.45) is 0. The van der Waals surface area contributed by atoms with Gasteiger partial charge in [-0.1, -0.05) is 6.07 Å². The van der Waals surface area contributed by atoms with Gasteiger partial charge in [-0.2, -0.15) is 0 Å². The molecule has 0 saturated carbocycles. The van der Waals surface area contributed by atoms with E-state index < -0.39 is 0 Å². The Morgan fingerprint density at radius 2 is 1.62 bits per heavy atom. The Balaban J connectivity index is 2.17. The maximum absolute atomic E-state index is 12.2. The van der Waals surface area contributed by atoms with Crippen LogP contribution in [0.3, 0.4) is 0 Å². The van der Waals surface area contributed by atoms with Crippen molar-refractivity contribution in [3.05, 3.63) is 53.6 Å². The Kier molecular flexibility index (Phi) is 4.48. The van der Waals surface area contributed by atoms with Gasteiger partial charge in [0.2, 0.25) is 0 Å². The number of aryl methyl sites for hydroxylation is 1. The van der Waals surface area contributed by atoms with Crippen LogP contribution in [0.2, 0.25) is 0 Å². The molecule has 4 nitrogen and oxygen atoms in total. The predicted molar refractivity (Wildman–Crippen MR) is 89.4 cm³/mol. The fraction of sp³-hybridized carbons (Fsp3) is 0.235. The van der Waals surface area contributed by atoms with E-state index in [-0.39, 0.29) is 5.91 Å². The molecule has 0 aliphatic rings. The lowest BCUT2D eigenvalue weighted by atomic mass is 10.1. The van der Waals surface area contributed by atoms with Gasteiger partial charge in [0.25, 0.3) is 5.91 Å². The van der Waals surface area contributed by atoms with Crippen molar-refractivity contribution in [3.8, 4) is 0 Å². The van der Waals surface area contributed by atoms with Gasteiger partial charge in [-0.15, -0.1) is 0 Å². The molecule has 0 aliphatic carbocycles. The zero-order valence-electron chi connectivity index (χ0n) is 12.9. The minimum absolute atomic E-state index is 0.105. The van der Waals surface area contributed by atoms with Crippen LogP contribution in [0, 0.1) is 6.92 Å². The summed E-state index contributed by atoms with van der Waals surface area (Å²) in [5.74, 6) is -0.105. The summed E-state index contributed by atoms with van der Waals surface area (Å²) in [4.78, 5) is 14.3. The number of nitrogens with zero attached hydrogens (tertiary/aromatic N) is 1. The van der Waals surface area contributed by atoms with Gasteiger partial charge >= 0.3 is 0 Å². The molecular weight excluding hydrogens is 262 g/mol. The van der Waals surface area contributed by atoms with Crippen LogP contribution in [0.25, 0.3) is 0 Å². The molecule has 2 N–H and O–H groups in total. The van der Waals surface area contributed by atoms with Gasteiger partial charge < -0.3 is 15.5 Å². The number of hydrogen-bond acceptors (Lipinski definition) is 3. The van der Waals surface area contributed by atoms with Crippen LogP contribution in [-0.4, -0.2) is 27.1 Å². The van der Waals surface area contributed by atoms with Crippen LogP contribution in [0.15, 0.2) is 42.5 Å². The third-order valence-corrected chi connectivity index (χ3v) is 3.38. The second-order valence-electron chi connectivity index (χ2n) is 5.18. The van der Waals surface area contributed by atoms with Crippen LogP contribution >= 0.6 is 0 Å². The maximum Gasteiger partial charge on any atom is 0.255 e. The number of anilines is 3. The van der Waals surface area contributed by atoms with E-state index in [2.05, 4.69) is 17.6 Å². The summed E-state index contributed by atoms with van der Waals surface area (Å²) in [5.41, 5.74) is 4.69. The van der Waals surface area contributed by atoms with E-state index in [0.717, 1.165) is 17.1 Å². The van der Waals surface area contributed by atoms with Crippen LogP contribution < -0.4 is 15.5 Å². The second-order valence-corrected chi connectivity index (χ2v) is 5.18. The van der Waals surface area contributed by atoms with E-state index in [4.69, 9.17) is 0 Å². The first-order chi connectivity index (χ1) is 10.0. The molecular formula is C17H21N3O. The van der Waals surface area contributed by atoms with E-state index in [1.54, 1.807) is 0 Å². The lowest BCUT2D eigenvalue weighted by molar-refractivity contribution is 0.102. The van der Waals surface area contributed by atoms with E-state index in [1.165, 1.54) is 5.56 Å². The molecule has 0 saturated heterocycles. The third-order valence-electron chi connectivity index (χ3n) is 3.38. The summed E-state index contributed by atoms with van der Waals surface area (Å²) in [5, 5.41) is 5.96. The monoisotopic (exact) mass is 283 g/mol. The van der Waals surface area contributed by atoms with Gasteiger partial charge in [-0.05, 0) is 48.9 Å². The van der Waals surface area contributed by atoms with Crippen molar-refractivity contribution >= 4 is 23.0 Å². The van der Waals surface area contributed by atoms with Crippen molar-refractivity contribution in [1.29, 1.82) is 0 Å². The second kappa shape index (κ2) is 6.31. The van der Waals surface area contributed by atoms with E-state index >= 15 is 0 Å². The van der Waals surface area contributed by atoms with Crippen molar-refractivity contribution in [2.45, 2.75) is 6.92 Å². The standard InChI is InChI=1S/C17H21N3O/c1-12-5-8-15(11-16(12)20(3)4)19-17(21)13-6-9-14(18-2)10-7-13/h5-11,18H,1-4H3,(H,19,21). The average molecular weight is 283 g/mol. The minimum Gasteiger partial charge on any atom is -0.388 e. The molecule has 0 aromatic heterocycles. The fourth-order valence-electron chi connectivity index (χ4n) is 2.16.